The second kappa shape index (κ2) is 5.14. The lowest BCUT2D eigenvalue weighted by atomic mass is 10.3. The molecule has 6 heteroatoms. The van der Waals surface area contributed by atoms with Crippen molar-refractivity contribution in [2.75, 3.05) is 6.54 Å². The van der Waals surface area contributed by atoms with Crippen LogP contribution in [0.3, 0.4) is 0 Å². The molecule has 0 amide bonds. The summed E-state index contributed by atoms with van der Waals surface area (Å²) in [6, 6.07) is 8.49. The van der Waals surface area contributed by atoms with Gasteiger partial charge in [0.1, 0.15) is 5.84 Å². The van der Waals surface area contributed by atoms with E-state index >= 15 is 0 Å². The summed E-state index contributed by atoms with van der Waals surface area (Å²) < 4.78 is 12.3. The lowest BCUT2D eigenvalue weighted by Gasteiger charge is -2.10. The fourth-order valence-corrected chi connectivity index (χ4v) is 2.57. The largest absolute Gasteiger partial charge is 0.298 e. The fraction of sp³-hybridized carbons (Fsp3) is 0.273. The van der Waals surface area contributed by atoms with Crippen molar-refractivity contribution in [2.24, 2.45) is 4.99 Å². The minimum Gasteiger partial charge on any atom is -0.298 e. The van der Waals surface area contributed by atoms with E-state index in [0.29, 0.717) is 4.90 Å². The van der Waals surface area contributed by atoms with E-state index in [1.807, 2.05) is 0 Å². The molecular weight excluding hydrogens is 238 g/mol. The van der Waals surface area contributed by atoms with Crippen molar-refractivity contribution in [3.63, 3.8) is 0 Å². The summed E-state index contributed by atoms with van der Waals surface area (Å²) in [6.07, 6.45) is 1.78. The van der Waals surface area contributed by atoms with Crippen LogP contribution in [0.1, 0.15) is 12.8 Å². The summed E-state index contributed by atoms with van der Waals surface area (Å²) in [4.78, 5) is 18.0. The van der Waals surface area contributed by atoms with E-state index in [1.165, 1.54) is 0 Å². The molecule has 17 heavy (non-hydrogen) atoms. The van der Waals surface area contributed by atoms with Crippen LogP contribution >= 0.6 is 0 Å². The van der Waals surface area contributed by atoms with E-state index < -0.39 is 9.71 Å². The van der Waals surface area contributed by atoms with Gasteiger partial charge in [-0.1, -0.05) is 18.2 Å². The molecule has 1 aromatic carbocycles. The zero-order chi connectivity index (χ0) is 12.1. The van der Waals surface area contributed by atoms with Gasteiger partial charge in [-0.15, -0.1) is 4.83 Å². The molecule has 1 aliphatic heterocycles. The van der Waals surface area contributed by atoms with Crippen LogP contribution in [0.15, 0.2) is 40.2 Å². The van der Waals surface area contributed by atoms with E-state index in [4.69, 9.17) is 0 Å². The van der Waals surface area contributed by atoms with Gasteiger partial charge < -0.3 is 0 Å². The Bertz CT molecular complexity index is 555. The molecule has 0 spiro atoms. The monoisotopic (exact) mass is 251 g/mol. The highest BCUT2D eigenvalue weighted by Gasteiger charge is 2.13. The maximum absolute atomic E-state index is 12.3. The predicted molar refractivity (Wildman–Crippen MR) is 66.4 cm³/mol. The maximum Gasteiger partial charge on any atom is 0.207 e. The standard InChI is InChI=1S/C11H13N3O2S/c15-9-17(16,10-5-2-1-3-6-10)14-13-11-7-4-8-12-11/h1-3,5-6H,4,7-8H2,(H,12,13)(H,14,16). The third-order valence-corrected chi connectivity index (χ3v) is 3.97. The highest BCUT2D eigenvalue weighted by molar-refractivity contribution is 7.98. The van der Waals surface area contributed by atoms with Crippen molar-refractivity contribution in [1.29, 1.82) is 0 Å². The molecule has 90 valence electrons. The first-order valence-corrected chi connectivity index (χ1v) is 6.85. The number of rotatable bonds is 3. The first kappa shape index (κ1) is 11.9. The van der Waals surface area contributed by atoms with Gasteiger partial charge in [-0.05, 0) is 18.6 Å². The van der Waals surface area contributed by atoms with Crippen molar-refractivity contribution in [3.05, 3.63) is 30.3 Å². The molecule has 1 atom stereocenters. The Hall–Kier alpha value is -1.62. The molecule has 0 radical (unpaired) electrons. The predicted octanol–water partition coefficient (Wildman–Crippen LogP) is 0.599. The quantitative estimate of drug-likeness (QED) is 0.610. The number of hydrogen-bond donors (Lipinski definition) is 2. The molecule has 0 fully saturated rings. The number of nitrogens with one attached hydrogen (secondary N) is 2. The normalized spacial score (nSPS) is 18.0. The van der Waals surface area contributed by atoms with E-state index in [-0.39, 0.29) is 0 Å². The van der Waals surface area contributed by atoms with Crippen molar-refractivity contribution >= 4 is 20.8 Å². The molecule has 5 nitrogen and oxygen atoms in total. The highest BCUT2D eigenvalue weighted by atomic mass is 32.2. The summed E-state index contributed by atoms with van der Waals surface area (Å²) in [5.41, 5.74) is 2.73. The van der Waals surface area contributed by atoms with Crippen LogP contribution in [-0.4, -0.2) is 21.8 Å². The van der Waals surface area contributed by atoms with Crippen LogP contribution in [0.2, 0.25) is 0 Å². The van der Waals surface area contributed by atoms with E-state index in [9.17, 15) is 9.00 Å². The molecule has 0 saturated heterocycles. The third kappa shape index (κ3) is 2.74. The molecule has 0 aliphatic carbocycles. The Morgan fingerprint density at radius 1 is 1.29 bits per heavy atom. The Morgan fingerprint density at radius 3 is 2.65 bits per heavy atom. The number of benzene rings is 1. The SMILES string of the molecule is O=C=S(=O)(NNC1=NCCC1)c1ccccc1. The first-order valence-electron chi connectivity index (χ1n) is 5.29. The van der Waals surface area contributed by atoms with Crippen LogP contribution in [0, 0.1) is 0 Å². The van der Waals surface area contributed by atoms with E-state index in [0.717, 1.165) is 25.2 Å². The Balaban J connectivity index is 2.16. The zero-order valence-electron chi connectivity index (χ0n) is 9.18. The van der Waals surface area contributed by atoms with Gasteiger partial charge in [0.05, 0.1) is 4.90 Å². The van der Waals surface area contributed by atoms with Crippen LogP contribution in [0.5, 0.6) is 0 Å². The second-order valence-electron chi connectivity index (χ2n) is 3.61. The molecule has 0 saturated carbocycles. The number of aliphatic imine (C=N–C) groups is 1. The molecule has 0 bridgehead atoms. The van der Waals surface area contributed by atoms with Crippen LogP contribution in [-0.2, 0) is 14.5 Å². The number of hydrazine groups is 1. The van der Waals surface area contributed by atoms with Gasteiger partial charge in [0, 0.05) is 13.0 Å². The molecular formula is C11H13N3O2S. The molecule has 0 aromatic heterocycles. The summed E-state index contributed by atoms with van der Waals surface area (Å²) in [5, 5.41) is 1.57. The number of hydrogen-bond acceptors (Lipinski definition) is 4. The van der Waals surface area contributed by atoms with Gasteiger partial charge in [0.25, 0.3) is 0 Å². The first-order chi connectivity index (χ1) is 8.24. The molecule has 1 aliphatic rings. The number of carbonyl (C=O) groups excluding carboxylic acids is 1. The third-order valence-electron chi connectivity index (χ3n) is 2.41. The highest BCUT2D eigenvalue weighted by Crippen LogP contribution is 2.07. The van der Waals surface area contributed by atoms with E-state index in [1.54, 1.807) is 35.6 Å². The van der Waals surface area contributed by atoms with Crippen molar-refractivity contribution in [3.8, 4) is 0 Å². The Kier molecular flexibility index (Phi) is 3.58. The van der Waals surface area contributed by atoms with Gasteiger partial charge in [0.15, 0.2) is 9.71 Å². The number of amidine groups is 1. The Labute approximate surface area is 100 Å². The lowest BCUT2D eigenvalue weighted by molar-refractivity contribution is 0.569. The molecule has 1 aromatic rings. The molecule has 2 rings (SSSR count). The van der Waals surface area contributed by atoms with Gasteiger partial charge >= 0.3 is 0 Å². The lowest BCUT2D eigenvalue weighted by Crippen LogP contribution is -2.41. The van der Waals surface area contributed by atoms with E-state index in [2.05, 4.69) is 15.2 Å². The van der Waals surface area contributed by atoms with Gasteiger partial charge in [0.2, 0.25) is 5.23 Å². The molecule has 1 heterocycles. The maximum atomic E-state index is 12.3. The Morgan fingerprint density at radius 2 is 2.06 bits per heavy atom. The second-order valence-corrected chi connectivity index (χ2v) is 5.57. The van der Waals surface area contributed by atoms with Crippen molar-refractivity contribution in [1.82, 2.24) is 10.3 Å². The zero-order valence-corrected chi connectivity index (χ0v) is 10.00. The summed E-state index contributed by atoms with van der Waals surface area (Å²) in [6.45, 7) is 0.765. The van der Waals surface area contributed by atoms with Crippen LogP contribution in [0.4, 0.5) is 0 Å². The summed E-state index contributed by atoms with van der Waals surface area (Å²) >= 11 is 0. The van der Waals surface area contributed by atoms with Gasteiger partial charge in [-0.2, -0.15) is 0 Å². The molecule has 2 N–H and O–H groups in total. The van der Waals surface area contributed by atoms with Crippen LogP contribution < -0.4 is 10.3 Å². The van der Waals surface area contributed by atoms with Gasteiger partial charge in [-0.25, -0.2) is 9.00 Å². The topological polar surface area (TPSA) is 70.6 Å². The average molecular weight is 251 g/mol. The van der Waals surface area contributed by atoms with Crippen LogP contribution in [0.25, 0.3) is 0 Å². The van der Waals surface area contributed by atoms with Crippen molar-refractivity contribution < 1.29 is 9.00 Å². The fourth-order valence-electron chi connectivity index (χ4n) is 1.51. The summed E-state index contributed by atoms with van der Waals surface area (Å²) in [5.74, 6) is 0.726. The molecule has 1 unspecified atom stereocenters. The number of nitrogens with zero attached hydrogens (tertiary/aromatic N) is 1. The minimum absolute atomic E-state index is 0.404. The van der Waals surface area contributed by atoms with Crippen molar-refractivity contribution in [2.45, 2.75) is 17.7 Å². The smallest absolute Gasteiger partial charge is 0.207 e. The average Bonchev–Trinajstić information content (AvgIpc) is 2.90. The minimum atomic E-state index is -3.04. The van der Waals surface area contributed by atoms with Gasteiger partial charge in [-0.3, -0.25) is 10.4 Å². The summed E-state index contributed by atoms with van der Waals surface area (Å²) in [7, 11) is -3.04.